The van der Waals surface area contributed by atoms with Crippen LogP contribution in [0.5, 0.6) is 0 Å². The lowest BCUT2D eigenvalue weighted by Crippen LogP contribution is -2.55. The standard InChI is InChI=1S/C16H21BrN4O.HI/c1-18-16(19-10-12-2-4-13(17)5-3-12)20-8-9-21(14-6-7-14)15(22)11-20;/h2-5,14H,6-11H2,1H3,(H,18,19);1H. The molecular weight excluding hydrogens is 471 g/mol. The van der Waals surface area contributed by atoms with Crippen molar-refractivity contribution in [2.45, 2.75) is 25.4 Å². The average molecular weight is 493 g/mol. The van der Waals surface area contributed by atoms with Gasteiger partial charge in [-0.25, -0.2) is 0 Å². The molecule has 0 radical (unpaired) electrons. The lowest BCUT2D eigenvalue weighted by Gasteiger charge is -2.36. The van der Waals surface area contributed by atoms with Crippen molar-refractivity contribution in [2.75, 3.05) is 26.7 Å². The fourth-order valence-corrected chi connectivity index (χ4v) is 3.02. The Morgan fingerprint density at radius 1 is 1.30 bits per heavy atom. The van der Waals surface area contributed by atoms with Crippen LogP contribution in [0.4, 0.5) is 0 Å². The highest BCUT2D eigenvalue weighted by Crippen LogP contribution is 2.28. The fraction of sp³-hybridized carbons (Fsp3) is 0.500. The first-order valence-corrected chi connectivity index (χ1v) is 8.46. The van der Waals surface area contributed by atoms with Gasteiger partial charge in [0.15, 0.2) is 5.96 Å². The van der Waals surface area contributed by atoms with E-state index >= 15 is 0 Å². The van der Waals surface area contributed by atoms with Gasteiger partial charge in [-0.05, 0) is 30.5 Å². The predicted octanol–water partition coefficient (Wildman–Crippen LogP) is 2.45. The molecule has 1 heterocycles. The van der Waals surface area contributed by atoms with Gasteiger partial charge in [-0.15, -0.1) is 24.0 Å². The Hall–Kier alpha value is -0.830. The Morgan fingerprint density at radius 3 is 2.57 bits per heavy atom. The summed E-state index contributed by atoms with van der Waals surface area (Å²) in [6.45, 7) is 2.79. The third kappa shape index (κ3) is 4.82. The normalized spacial score (nSPS) is 18.7. The van der Waals surface area contributed by atoms with Crippen molar-refractivity contribution in [2.24, 2.45) is 4.99 Å². The molecule has 1 aromatic carbocycles. The Bertz CT molecular complexity index is 574. The zero-order chi connectivity index (χ0) is 15.5. The molecule has 126 valence electrons. The highest BCUT2D eigenvalue weighted by Gasteiger charge is 2.36. The summed E-state index contributed by atoms with van der Waals surface area (Å²) in [5.74, 6) is 1.02. The lowest BCUT2D eigenvalue weighted by molar-refractivity contribution is -0.135. The van der Waals surface area contributed by atoms with Crippen LogP contribution in [0.2, 0.25) is 0 Å². The number of halogens is 2. The maximum Gasteiger partial charge on any atom is 0.242 e. The number of piperazine rings is 1. The summed E-state index contributed by atoms with van der Waals surface area (Å²) in [5, 5.41) is 3.35. The minimum atomic E-state index is 0. The summed E-state index contributed by atoms with van der Waals surface area (Å²) >= 11 is 3.44. The largest absolute Gasteiger partial charge is 0.352 e. The molecular formula is C16H22BrIN4O. The third-order valence-electron chi connectivity index (χ3n) is 4.12. The number of nitrogens with zero attached hydrogens (tertiary/aromatic N) is 3. The molecule has 3 rings (SSSR count). The summed E-state index contributed by atoms with van der Waals surface area (Å²) in [6, 6.07) is 8.70. The van der Waals surface area contributed by atoms with E-state index in [0.29, 0.717) is 19.1 Å². The van der Waals surface area contributed by atoms with Crippen LogP contribution in [0.1, 0.15) is 18.4 Å². The van der Waals surface area contributed by atoms with Gasteiger partial charge in [0, 0.05) is 37.2 Å². The van der Waals surface area contributed by atoms with Crippen molar-refractivity contribution >= 4 is 51.8 Å². The molecule has 1 aliphatic carbocycles. The number of nitrogens with one attached hydrogen (secondary N) is 1. The van der Waals surface area contributed by atoms with Crippen molar-refractivity contribution in [3.8, 4) is 0 Å². The minimum absolute atomic E-state index is 0. The van der Waals surface area contributed by atoms with E-state index in [4.69, 9.17) is 0 Å². The van der Waals surface area contributed by atoms with Gasteiger partial charge in [0.2, 0.25) is 5.91 Å². The summed E-state index contributed by atoms with van der Waals surface area (Å²) in [6.07, 6.45) is 2.34. The number of hydrogen-bond donors (Lipinski definition) is 1. The molecule has 1 saturated carbocycles. The van der Waals surface area contributed by atoms with Gasteiger partial charge in [0.1, 0.15) is 0 Å². The van der Waals surface area contributed by atoms with Crippen LogP contribution < -0.4 is 5.32 Å². The van der Waals surface area contributed by atoms with E-state index in [9.17, 15) is 4.79 Å². The number of carbonyl (C=O) groups excluding carboxylic acids is 1. The number of rotatable bonds is 3. The zero-order valence-corrected chi connectivity index (χ0v) is 17.1. The first-order valence-electron chi connectivity index (χ1n) is 7.67. The summed E-state index contributed by atoms with van der Waals surface area (Å²) < 4.78 is 1.07. The highest BCUT2D eigenvalue weighted by molar-refractivity contribution is 14.0. The summed E-state index contributed by atoms with van der Waals surface area (Å²) in [7, 11) is 1.77. The number of hydrogen-bond acceptors (Lipinski definition) is 2. The number of amides is 1. The lowest BCUT2D eigenvalue weighted by atomic mass is 10.2. The topological polar surface area (TPSA) is 47.9 Å². The molecule has 1 saturated heterocycles. The number of aliphatic imine (C=N–C) groups is 1. The van der Waals surface area contributed by atoms with Crippen LogP contribution in [0.15, 0.2) is 33.7 Å². The van der Waals surface area contributed by atoms with Crippen molar-refractivity contribution in [1.29, 1.82) is 0 Å². The van der Waals surface area contributed by atoms with E-state index < -0.39 is 0 Å². The van der Waals surface area contributed by atoms with Crippen LogP contribution in [-0.2, 0) is 11.3 Å². The second kappa shape index (κ2) is 8.32. The molecule has 2 aliphatic rings. The first-order chi connectivity index (χ1) is 10.7. The Kier molecular flexibility index (Phi) is 6.70. The number of benzene rings is 1. The summed E-state index contributed by atoms with van der Waals surface area (Å²) in [4.78, 5) is 20.6. The zero-order valence-electron chi connectivity index (χ0n) is 13.2. The van der Waals surface area contributed by atoms with Gasteiger partial charge in [-0.3, -0.25) is 9.79 Å². The average Bonchev–Trinajstić information content (AvgIpc) is 3.34. The molecule has 0 unspecified atom stereocenters. The van der Waals surface area contributed by atoms with Gasteiger partial charge >= 0.3 is 0 Å². The monoisotopic (exact) mass is 492 g/mol. The van der Waals surface area contributed by atoms with Crippen molar-refractivity contribution in [3.63, 3.8) is 0 Å². The maximum absolute atomic E-state index is 12.2. The van der Waals surface area contributed by atoms with E-state index in [-0.39, 0.29) is 29.9 Å². The van der Waals surface area contributed by atoms with Crippen molar-refractivity contribution < 1.29 is 4.79 Å². The van der Waals surface area contributed by atoms with E-state index in [2.05, 4.69) is 38.4 Å². The first kappa shape index (κ1) is 18.5. The van der Waals surface area contributed by atoms with E-state index in [1.54, 1.807) is 7.05 Å². The van der Waals surface area contributed by atoms with Gasteiger partial charge < -0.3 is 15.1 Å². The van der Waals surface area contributed by atoms with Gasteiger partial charge in [0.05, 0.1) is 6.54 Å². The van der Waals surface area contributed by atoms with E-state index in [1.807, 2.05) is 21.9 Å². The molecule has 2 fully saturated rings. The Labute approximate surface area is 162 Å². The van der Waals surface area contributed by atoms with Gasteiger partial charge in [-0.2, -0.15) is 0 Å². The second-order valence-electron chi connectivity index (χ2n) is 5.77. The molecule has 0 bridgehead atoms. The molecule has 1 aliphatic heterocycles. The predicted molar refractivity (Wildman–Crippen MR) is 106 cm³/mol. The molecule has 1 aromatic rings. The molecule has 0 atom stereocenters. The van der Waals surface area contributed by atoms with Crippen LogP contribution in [0, 0.1) is 0 Å². The summed E-state index contributed by atoms with van der Waals surface area (Å²) in [5.41, 5.74) is 1.19. The van der Waals surface area contributed by atoms with Crippen molar-refractivity contribution in [3.05, 3.63) is 34.3 Å². The van der Waals surface area contributed by atoms with Gasteiger partial charge in [-0.1, -0.05) is 28.1 Å². The fourth-order valence-electron chi connectivity index (χ4n) is 2.76. The van der Waals surface area contributed by atoms with Crippen LogP contribution in [0.3, 0.4) is 0 Å². The molecule has 7 heteroatoms. The Morgan fingerprint density at radius 2 is 2.00 bits per heavy atom. The second-order valence-corrected chi connectivity index (χ2v) is 6.68. The van der Waals surface area contributed by atoms with E-state index in [0.717, 1.165) is 23.5 Å². The highest BCUT2D eigenvalue weighted by atomic mass is 127. The molecule has 1 N–H and O–H groups in total. The number of carbonyl (C=O) groups is 1. The van der Waals surface area contributed by atoms with Crippen LogP contribution >= 0.6 is 39.9 Å². The molecule has 0 aromatic heterocycles. The molecule has 1 amide bonds. The maximum atomic E-state index is 12.2. The molecule has 5 nitrogen and oxygen atoms in total. The molecule has 23 heavy (non-hydrogen) atoms. The van der Waals surface area contributed by atoms with Crippen LogP contribution in [-0.4, -0.2) is 54.4 Å². The third-order valence-corrected chi connectivity index (χ3v) is 4.65. The van der Waals surface area contributed by atoms with Gasteiger partial charge in [0.25, 0.3) is 0 Å². The minimum Gasteiger partial charge on any atom is -0.352 e. The smallest absolute Gasteiger partial charge is 0.242 e. The Balaban J connectivity index is 0.00000192. The number of guanidine groups is 1. The van der Waals surface area contributed by atoms with E-state index in [1.165, 1.54) is 18.4 Å². The van der Waals surface area contributed by atoms with Crippen LogP contribution in [0.25, 0.3) is 0 Å². The SMILES string of the molecule is CN=C(NCc1ccc(Br)cc1)N1CCN(C2CC2)C(=O)C1.I. The molecule has 0 spiro atoms. The van der Waals surface area contributed by atoms with Crippen molar-refractivity contribution in [1.82, 2.24) is 15.1 Å². The quantitative estimate of drug-likeness (QED) is 0.400.